The van der Waals surface area contributed by atoms with Gasteiger partial charge in [0.05, 0.1) is 35.8 Å². The number of nitrogens with zero attached hydrogens (tertiary/aromatic N) is 2. The Morgan fingerprint density at radius 3 is 2.95 bits per heavy atom. The van der Waals surface area contributed by atoms with Gasteiger partial charge in [-0.3, -0.25) is 0 Å². The fourth-order valence-corrected chi connectivity index (χ4v) is 3.45. The van der Waals surface area contributed by atoms with Crippen molar-refractivity contribution >= 4 is 11.3 Å². The van der Waals surface area contributed by atoms with Crippen LogP contribution in [0.15, 0.2) is 30.0 Å². The van der Waals surface area contributed by atoms with Crippen LogP contribution in [0.25, 0.3) is 10.6 Å². The van der Waals surface area contributed by atoms with Gasteiger partial charge in [0, 0.05) is 12.6 Å². The monoisotopic (exact) mass is 291 g/mol. The Balaban J connectivity index is 1.51. The van der Waals surface area contributed by atoms with Crippen molar-refractivity contribution in [3.8, 4) is 10.6 Å². The van der Waals surface area contributed by atoms with E-state index in [1.54, 1.807) is 11.3 Å². The highest BCUT2D eigenvalue weighted by Crippen LogP contribution is 2.24. The Labute approximate surface area is 123 Å². The molecule has 2 aromatic rings. The molecule has 5 heteroatoms. The summed E-state index contributed by atoms with van der Waals surface area (Å²) in [5.74, 6) is 0. The first kappa shape index (κ1) is 13.8. The molecule has 1 fully saturated rings. The minimum absolute atomic E-state index is 0.383. The summed E-state index contributed by atoms with van der Waals surface area (Å²) in [5.41, 5.74) is 7.09. The van der Waals surface area contributed by atoms with Crippen molar-refractivity contribution in [3.63, 3.8) is 0 Å². The van der Waals surface area contributed by atoms with Crippen molar-refractivity contribution < 1.29 is 4.74 Å². The predicted molar refractivity (Wildman–Crippen MR) is 81.7 cm³/mol. The number of rotatable bonds is 5. The van der Waals surface area contributed by atoms with Gasteiger partial charge in [-0.2, -0.15) is 0 Å². The SMILES string of the molecule is NC1CCC(OCCn2cncc2-c2cccs2)CC1. The molecule has 0 spiro atoms. The van der Waals surface area contributed by atoms with Crippen molar-refractivity contribution in [1.29, 1.82) is 0 Å². The minimum atomic E-state index is 0.383. The molecular weight excluding hydrogens is 270 g/mol. The van der Waals surface area contributed by atoms with E-state index in [1.807, 2.05) is 12.5 Å². The van der Waals surface area contributed by atoms with E-state index in [0.717, 1.165) is 38.8 Å². The summed E-state index contributed by atoms with van der Waals surface area (Å²) in [7, 11) is 0. The largest absolute Gasteiger partial charge is 0.376 e. The summed E-state index contributed by atoms with van der Waals surface area (Å²) in [6, 6.07) is 4.58. The van der Waals surface area contributed by atoms with E-state index >= 15 is 0 Å². The molecule has 4 nitrogen and oxygen atoms in total. The number of thiophene rings is 1. The second kappa shape index (κ2) is 6.52. The fourth-order valence-electron chi connectivity index (χ4n) is 2.70. The molecule has 0 bridgehead atoms. The summed E-state index contributed by atoms with van der Waals surface area (Å²) < 4.78 is 8.14. The number of aromatic nitrogens is 2. The van der Waals surface area contributed by atoms with E-state index in [1.165, 1.54) is 10.6 Å². The molecule has 1 aliphatic carbocycles. The number of hydrogen-bond donors (Lipinski definition) is 1. The smallest absolute Gasteiger partial charge is 0.0951 e. The van der Waals surface area contributed by atoms with E-state index in [-0.39, 0.29) is 0 Å². The fraction of sp³-hybridized carbons (Fsp3) is 0.533. The van der Waals surface area contributed by atoms with Gasteiger partial charge >= 0.3 is 0 Å². The van der Waals surface area contributed by atoms with Gasteiger partial charge < -0.3 is 15.0 Å². The molecule has 0 aliphatic heterocycles. The van der Waals surface area contributed by atoms with Crippen LogP contribution in [-0.2, 0) is 11.3 Å². The lowest BCUT2D eigenvalue weighted by Crippen LogP contribution is -2.30. The number of hydrogen-bond acceptors (Lipinski definition) is 4. The van der Waals surface area contributed by atoms with Gasteiger partial charge in [0.15, 0.2) is 0 Å². The van der Waals surface area contributed by atoms with Crippen LogP contribution >= 0.6 is 11.3 Å². The molecule has 20 heavy (non-hydrogen) atoms. The van der Waals surface area contributed by atoms with E-state index in [9.17, 15) is 0 Å². The van der Waals surface area contributed by atoms with Gasteiger partial charge in [-0.1, -0.05) is 6.07 Å². The number of ether oxygens (including phenoxy) is 1. The first-order valence-corrected chi connectivity index (χ1v) is 8.12. The third kappa shape index (κ3) is 3.29. The summed E-state index contributed by atoms with van der Waals surface area (Å²) in [5, 5.41) is 2.09. The van der Waals surface area contributed by atoms with E-state index in [0.29, 0.717) is 12.1 Å². The highest BCUT2D eigenvalue weighted by molar-refractivity contribution is 7.13. The molecular formula is C15H21N3OS. The van der Waals surface area contributed by atoms with Crippen LogP contribution in [0.3, 0.4) is 0 Å². The summed E-state index contributed by atoms with van der Waals surface area (Å²) in [6.45, 7) is 1.60. The van der Waals surface area contributed by atoms with Gasteiger partial charge in [0.25, 0.3) is 0 Å². The molecule has 1 saturated carbocycles. The van der Waals surface area contributed by atoms with Crippen molar-refractivity contribution in [2.45, 2.75) is 44.4 Å². The van der Waals surface area contributed by atoms with Crippen LogP contribution in [0.1, 0.15) is 25.7 Å². The minimum Gasteiger partial charge on any atom is -0.376 e. The molecule has 0 radical (unpaired) electrons. The van der Waals surface area contributed by atoms with Crippen LogP contribution < -0.4 is 5.73 Å². The van der Waals surface area contributed by atoms with E-state index < -0.39 is 0 Å². The van der Waals surface area contributed by atoms with Crippen LogP contribution in [0.4, 0.5) is 0 Å². The lowest BCUT2D eigenvalue weighted by atomic mass is 9.94. The molecule has 2 heterocycles. The average Bonchev–Trinajstić information content (AvgIpc) is 3.11. The molecule has 0 aromatic carbocycles. The highest BCUT2D eigenvalue weighted by Gasteiger charge is 2.18. The molecule has 1 aliphatic rings. The van der Waals surface area contributed by atoms with Gasteiger partial charge in [-0.05, 0) is 37.1 Å². The van der Waals surface area contributed by atoms with Crippen molar-refractivity contribution in [2.24, 2.45) is 5.73 Å². The quantitative estimate of drug-likeness (QED) is 0.921. The van der Waals surface area contributed by atoms with Crippen LogP contribution in [0.5, 0.6) is 0 Å². The zero-order valence-corrected chi connectivity index (χ0v) is 12.4. The standard InChI is InChI=1S/C15H21N3OS/c16-12-3-5-13(6-4-12)19-8-7-18-11-17-10-14(18)15-2-1-9-20-15/h1-2,9-13H,3-8,16H2. The molecule has 3 rings (SSSR count). The third-order valence-electron chi connectivity index (χ3n) is 3.89. The zero-order chi connectivity index (χ0) is 13.8. The Kier molecular flexibility index (Phi) is 4.50. The van der Waals surface area contributed by atoms with Gasteiger partial charge in [0.2, 0.25) is 0 Å². The van der Waals surface area contributed by atoms with E-state index in [2.05, 4.69) is 27.1 Å². The maximum atomic E-state index is 5.98. The first-order valence-electron chi connectivity index (χ1n) is 7.24. The number of imidazole rings is 1. The average molecular weight is 291 g/mol. The number of nitrogens with two attached hydrogens (primary N) is 1. The highest BCUT2D eigenvalue weighted by atomic mass is 32.1. The van der Waals surface area contributed by atoms with E-state index in [4.69, 9.17) is 10.5 Å². The summed E-state index contributed by atoms with van der Waals surface area (Å²) in [4.78, 5) is 5.51. The summed E-state index contributed by atoms with van der Waals surface area (Å²) in [6.07, 6.45) is 8.59. The zero-order valence-electron chi connectivity index (χ0n) is 11.6. The maximum absolute atomic E-state index is 5.98. The van der Waals surface area contributed by atoms with Crippen molar-refractivity contribution in [1.82, 2.24) is 9.55 Å². The molecule has 2 N–H and O–H groups in total. The molecule has 108 valence electrons. The normalized spacial score (nSPS) is 23.1. The Morgan fingerprint density at radius 1 is 1.35 bits per heavy atom. The first-order chi connectivity index (χ1) is 9.83. The van der Waals surface area contributed by atoms with Crippen LogP contribution in [0.2, 0.25) is 0 Å². The summed E-state index contributed by atoms with van der Waals surface area (Å²) >= 11 is 1.74. The molecule has 0 atom stereocenters. The van der Waals surface area contributed by atoms with Crippen molar-refractivity contribution in [3.05, 3.63) is 30.0 Å². The molecule has 0 amide bonds. The van der Waals surface area contributed by atoms with Crippen molar-refractivity contribution in [2.75, 3.05) is 6.61 Å². The molecule has 0 saturated heterocycles. The van der Waals surface area contributed by atoms with Gasteiger partial charge in [0.1, 0.15) is 0 Å². The maximum Gasteiger partial charge on any atom is 0.0951 e. The Morgan fingerprint density at radius 2 is 2.20 bits per heavy atom. The second-order valence-electron chi connectivity index (χ2n) is 5.36. The lowest BCUT2D eigenvalue weighted by Gasteiger charge is -2.26. The topological polar surface area (TPSA) is 53.1 Å². The molecule has 2 aromatic heterocycles. The van der Waals surface area contributed by atoms with Crippen LogP contribution in [0, 0.1) is 0 Å². The van der Waals surface area contributed by atoms with Gasteiger partial charge in [-0.15, -0.1) is 11.3 Å². The van der Waals surface area contributed by atoms with Crippen LogP contribution in [-0.4, -0.2) is 28.3 Å². The molecule has 0 unspecified atom stereocenters. The Hall–Kier alpha value is -1.17. The third-order valence-corrected chi connectivity index (χ3v) is 4.78. The second-order valence-corrected chi connectivity index (χ2v) is 6.30. The Bertz CT molecular complexity index is 515. The van der Waals surface area contributed by atoms with Gasteiger partial charge in [-0.25, -0.2) is 4.98 Å². The lowest BCUT2D eigenvalue weighted by molar-refractivity contribution is 0.0211. The predicted octanol–water partition coefficient (Wildman–Crippen LogP) is 2.90.